The van der Waals surface area contributed by atoms with Crippen molar-refractivity contribution in [3.05, 3.63) is 65.7 Å². The van der Waals surface area contributed by atoms with Gasteiger partial charge in [0.05, 0.1) is 5.41 Å². The van der Waals surface area contributed by atoms with E-state index in [0.29, 0.717) is 45.8 Å². The maximum atomic E-state index is 12.6. The number of carbonyl (C=O) groups excluding carboxylic acids is 1. The molecule has 5 heteroatoms. The summed E-state index contributed by atoms with van der Waals surface area (Å²) in [5.74, 6) is 0.833. The van der Waals surface area contributed by atoms with Crippen molar-refractivity contribution in [1.29, 1.82) is 0 Å². The molecule has 0 aliphatic carbocycles. The minimum atomic E-state index is -0.489. The van der Waals surface area contributed by atoms with Crippen LogP contribution in [-0.2, 0) is 22.7 Å². The maximum absolute atomic E-state index is 12.6. The van der Waals surface area contributed by atoms with Crippen molar-refractivity contribution in [3.63, 3.8) is 0 Å². The summed E-state index contributed by atoms with van der Waals surface area (Å²) in [4.78, 5) is 12.6. The zero-order valence-corrected chi connectivity index (χ0v) is 14.9. The third-order valence-electron chi connectivity index (χ3n) is 4.95. The number of benzene rings is 2. The van der Waals surface area contributed by atoms with Crippen LogP contribution in [0.3, 0.4) is 0 Å². The van der Waals surface area contributed by atoms with Gasteiger partial charge >= 0.3 is 0 Å². The Morgan fingerprint density at radius 2 is 1.73 bits per heavy atom. The summed E-state index contributed by atoms with van der Waals surface area (Å²) in [6, 6.07) is 17.9. The highest BCUT2D eigenvalue weighted by Gasteiger charge is 2.38. The van der Waals surface area contributed by atoms with Crippen LogP contribution in [0.25, 0.3) is 0 Å². The summed E-state index contributed by atoms with van der Waals surface area (Å²) in [6.07, 6.45) is 1.36. The van der Waals surface area contributed by atoms with Crippen LogP contribution in [0, 0.1) is 5.41 Å². The molecule has 138 valence electrons. The third-order valence-corrected chi connectivity index (χ3v) is 4.95. The van der Waals surface area contributed by atoms with E-state index in [1.807, 2.05) is 54.6 Å². The lowest BCUT2D eigenvalue weighted by Crippen LogP contribution is -2.48. The molecule has 1 aliphatic rings. The van der Waals surface area contributed by atoms with Crippen LogP contribution in [0.4, 0.5) is 0 Å². The van der Waals surface area contributed by atoms with E-state index in [4.69, 9.17) is 15.2 Å². The highest BCUT2D eigenvalue weighted by molar-refractivity contribution is 5.83. The number of hydrogen-bond donors (Lipinski definition) is 2. The zero-order chi connectivity index (χ0) is 18.2. The average Bonchev–Trinajstić information content (AvgIpc) is 2.72. The average molecular weight is 354 g/mol. The van der Waals surface area contributed by atoms with Crippen LogP contribution in [0.5, 0.6) is 5.75 Å². The van der Waals surface area contributed by atoms with Crippen LogP contribution in [-0.4, -0.2) is 25.7 Å². The van der Waals surface area contributed by atoms with Crippen molar-refractivity contribution >= 4 is 5.91 Å². The quantitative estimate of drug-likeness (QED) is 0.802. The predicted octanol–water partition coefficient (Wildman–Crippen LogP) is 2.64. The standard InChI is InChI=1S/C21H26N2O3/c22-16-21(10-12-25-13-11-21)20(24)23-14-17-6-8-19(9-7-17)26-15-18-4-2-1-3-5-18/h1-9H,10-16,22H2,(H,23,24). The third kappa shape index (κ3) is 4.62. The molecule has 0 saturated carbocycles. The molecule has 1 fully saturated rings. The molecule has 2 aromatic carbocycles. The van der Waals surface area contributed by atoms with Gasteiger partial charge in [0.25, 0.3) is 0 Å². The van der Waals surface area contributed by atoms with E-state index in [-0.39, 0.29) is 5.91 Å². The normalized spacial score (nSPS) is 16.0. The molecule has 0 aromatic heterocycles. The summed E-state index contributed by atoms with van der Waals surface area (Å²) in [5.41, 5.74) is 7.55. The fourth-order valence-electron chi connectivity index (χ4n) is 3.10. The van der Waals surface area contributed by atoms with Gasteiger partial charge in [-0.05, 0) is 36.1 Å². The highest BCUT2D eigenvalue weighted by Crippen LogP contribution is 2.29. The number of amides is 1. The van der Waals surface area contributed by atoms with Crippen molar-refractivity contribution in [2.45, 2.75) is 26.0 Å². The summed E-state index contributed by atoms with van der Waals surface area (Å²) in [6.45, 7) is 2.57. The summed E-state index contributed by atoms with van der Waals surface area (Å²) >= 11 is 0. The lowest BCUT2D eigenvalue weighted by Gasteiger charge is -2.34. The Morgan fingerprint density at radius 3 is 2.38 bits per heavy atom. The molecule has 1 amide bonds. The fourth-order valence-corrected chi connectivity index (χ4v) is 3.10. The van der Waals surface area contributed by atoms with Crippen LogP contribution in [0.15, 0.2) is 54.6 Å². The van der Waals surface area contributed by atoms with E-state index in [1.165, 1.54) is 0 Å². The van der Waals surface area contributed by atoms with Gasteiger partial charge in [0, 0.05) is 26.3 Å². The second-order valence-corrected chi connectivity index (χ2v) is 6.70. The zero-order valence-electron chi connectivity index (χ0n) is 14.9. The van der Waals surface area contributed by atoms with E-state index < -0.39 is 5.41 Å². The number of hydrogen-bond acceptors (Lipinski definition) is 4. The SMILES string of the molecule is NCC1(C(=O)NCc2ccc(OCc3ccccc3)cc2)CCOCC1. The molecular formula is C21H26N2O3. The molecule has 1 saturated heterocycles. The molecule has 0 unspecified atom stereocenters. The summed E-state index contributed by atoms with van der Waals surface area (Å²) in [7, 11) is 0. The van der Waals surface area contributed by atoms with E-state index in [2.05, 4.69) is 5.32 Å². The molecule has 1 aliphatic heterocycles. The minimum Gasteiger partial charge on any atom is -0.489 e. The van der Waals surface area contributed by atoms with Gasteiger partial charge in [-0.1, -0.05) is 42.5 Å². The topological polar surface area (TPSA) is 73.6 Å². The first-order valence-electron chi connectivity index (χ1n) is 9.04. The minimum absolute atomic E-state index is 0.0210. The van der Waals surface area contributed by atoms with Crippen molar-refractivity contribution < 1.29 is 14.3 Å². The van der Waals surface area contributed by atoms with Gasteiger partial charge in [-0.3, -0.25) is 4.79 Å². The van der Waals surface area contributed by atoms with Gasteiger partial charge in [-0.2, -0.15) is 0 Å². The second kappa shape index (κ2) is 8.83. The Balaban J connectivity index is 1.50. The number of carbonyl (C=O) groups is 1. The Kier molecular flexibility index (Phi) is 6.26. The largest absolute Gasteiger partial charge is 0.489 e. The highest BCUT2D eigenvalue weighted by atomic mass is 16.5. The van der Waals surface area contributed by atoms with E-state index in [1.54, 1.807) is 0 Å². The van der Waals surface area contributed by atoms with E-state index in [0.717, 1.165) is 16.9 Å². The van der Waals surface area contributed by atoms with E-state index in [9.17, 15) is 4.79 Å². The van der Waals surface area contributed by atoms with Crippen molar-refractivity contribution in [1.82, 2.24) is 5.32 Å². The van der Waals surface area contributed by atoms with Gasteiger partial charge in [0.15, 0.2) is 0 Å². The lowest BCUT2D eigenvalue weighted by molar-refractivity contribution is -0.136. The molecule has 1 heterocycles. The summed E-state index contributed by atoms with van der Waals surface area (Å²) < 4.78 is 11.1. The van der Waals surface area contributed by atoms with Crippen molar-refractivity contribution in [3.8, 4) is 5.75 Å². The van der Waals surface area contributed by atoms with Crippen LogP contribution in [0.2, 0.25) is 0 Å². The van der Waals surface area contributed by atoms with Gasteiger partial charge in [0.2, 0.25) is 5.91 Å². The number of nitrogens with two attached hydrogens (primary N) is 1. The predicted molar refractivity (Wildman–Crippen MR) is 101 cm³/mol. The van der Waals surface area contributed by atoms with Crippen LogP contribution >= 0.6 is 0 Å². The number of nitrogens with one attached hydrogen (secondary N) is 1. The Bertz CT molecular complexity index is 695. The molecule has 3 N–H and O–H groups in total. The molecule has 0 bridgehead atoms. The van der Waals surface area contributed by atoms with Gasteiger partial charge in [-0.15, -0.1) is 0 Å². The number of ether oxygens (including phenoxy) is 2. The van der Waals surface area contributed by atoms with E-state index >= 15 is 0 Å². The Labute approximate surface area is 154 Å². The van der Waals surface area contributed by atoms with Crippen LogP contribution in [0.1, 0.15) is 24.0 Å². The van der Waals surface area contributed by atoms with Crippen molar-refractivity contribution in [2.75, 3.05) is 19.8 Å². The molecule has 26 heavy (non-hydrogen) atoms. The monoisotopic (exact) mass is 354 g/mol. The number of rotatable bonds is 7. The molecule has 3 rings (SSSR count). The first-order chi connectivity index (χ1) is 12.7. The lowest BCUT2D eigenvalue weighted by atomic mass is 9.79. The summed E-state index contributed by atoms with van der Waals surface area (Å²) in [5, 5.41) is 3.02. The molecule has 0 radical (unpaired) electrons. The first kappa shape index (κ1) is 18.4. The molecule has 5 nitrogen and oxygen atoms in total. The molecule has 0 spiro atoms. The van der Waals surface area contributed by atoms with Crippen LogP contribution < -0.4 is 15.8 Å². The smallest absolute Gasteiger partial charge is 0.227 e. The van der Waals surface area contributed by atoms with Gasteiger partial charge in [-0.25, -0.2) is 0 Å². The Hall–Kier alpha value is -2.37. The van der Waals surface area contributed by atoms with Gasteiger partial charge in [0.1, 0.15) is 12.4 Å². The molecule has 2 aromatic rings. The molecular weight excluding hydrogens is 328 g/mol. The first-order valence-corrected chi connectivity index (χ1v) is 9.04. The van der Waals surface area contributed by atoms with Gasteiger partial charge < -0.3 is 20.5 Å². The Morgan fingerprint density at radius 1 is 1.04 bits per heavy atom. The fraction of sp³-hybridized carbons (Fsp3) is 0.381. The maximum Gasteiger partial charge on any atom is 0.227 e. The second-order valence-electron chi connectivity index (χ2n) is 6.70. The molecule has 0 atom stereocenters. The van der Waals surface area contributed by atoms with Crippen molar-refractivity contribution in [2.24, 2.45) is 11.1 Å².